The van der Waals surface area contributed by atoms with Gasteiger partial charge in [-0.25, -0.2) is 4.39 Å². The van der Waals surface area contributed by atoms with Crippen molar-refractivity contribution in [1.82, 2.24) is 0 Å². The minimum Gasteiger partial charge on any atom is -0.469 e. The standard InChI is InChI=1S/C11H13FO2S/c1-14-11(13)6-4-8-3-5-9(12)7-10(8)15-2/h3,5,7H,4,6H2,1-2H3. The Kier molecular flexibility index (Phi) is 4.62. The van der Waals surface area contributed by atoms with Gasteiger partial charge in [0.1, 0.15) is 5.82 Å². The second-order valence-electron chi connectivity index (χ2n) is 3.03. The molecule has 0 fully saturated rings. The number of halogens is 1. The maximum Gasteiger partial charge on any atom is 0.305 e. The number of methoxy groups -OCH3 is 1. The van der Waals surface area contributed by atoms with E-state index in [-0.39, 0.29) is 11.8 Å². The topological polar surface area (TPSA) is 26.3 Å². The predicted molar refractivity (Wildman–Crippen MR) is 58.5 cm³/mol. The Morgan fingerprint density at radius 1 is 1.53 bits per heavy atom. The molecule has 0 saturated heterocycles. The van der Waals surface area contributed by atoms with Gasteiger partial charge in [-0.15, -0.1) is 11.8 Å². The van der Waals surface area contributed by atoms with Crippen LogP contribution >= 0.6 is 11.8 Å². The number of benzene rings is 1. The molecule has 1 aromatic carbocycles. The van der Waals surface area contributed by atoms with Crippen LogP contribution in [-0.4, -0.2) is 19.3 Å². The second-order valence-corrected chi connectivity index (χ2v) is 3.88. The summed E-state index contributed by atoms with van der Waals surface area (Å²) in [4.78, 5) is 11.8. The Bertz CT molecular complexity index is 352. The number of rotatable bonds is 4. The Labute approximate surface area is 92.8 Å². The summed E-state index contributed by atoms with van der Waals surface area (Å²) in [6.45, 7) is 0. The van der Waals surface area contributed by atoms with E-state index in [1.54, 1.807) is 6.07 Å². The van der Waals surface area contributed by atoms with Crippen molar-refractivity contribution in [2.75, 3.05) is 13.4 Å². The van der Waals surface area contributed by atoms with Gasteiger partial charge >= 0.3 is 5.97 Å². The van der Waals surface area contributed by atoms with Crippen LogP contribution in [0.15, 0.2) is 23.1 Å². The van der Waals surface area contributed by atoms with E-state index >= 15 is 0 Å². The number of hydrogen-bond acceptors (Lipinski definition) is 3. The lowest BCUT2D eigenvalue weighted by Crippen LogP contribution is -2.02. The van der Waals surface area contributed by atoms with Crippen molar-refractivity contribution < 1.29 is 13.9 Å². The normalized spacial score (nSPS) is 10.1. The quantitative estimate of drug-likeness (QED) is 0.585. The highest BCUT2D eigenvalue weighted by atomic mass is 32.2. The number of esters is 1. The molecule has 82 valence electrons. The van der Waals surface area contributed by atoms with Gasteiger partial charge in [0.15, 0.2) is 0 Å². The van der Waals surface area contributed by atoms with Crippen LogP contribution in [0.5, 0.6) is 0 Å². The molecular formula is C11H13FO2S. The van der Waals surface area contributed by atoms with Crippen molar-refractivity contribution in [2.45, 2.75) is 17.7 Å². The summed E-state index contributed by atoms with van der Waals surface area (Å²) in [7, 11) is 1.36. The first-order valence-corrected chi connectivity index (χ1v) is 5.79. The van der Waals surface area contributed by atoms with E-state index in [0.717, 1.165) is 10.5 Å². The van der Waals surface area contributed by atoms with Crippen molar-refractivity contribution in [2.24, 2.45) is 0 Å². The first-order valence-electron chi connectivity index (χ1n) is 4.56. The summed E-state index contributed by atoms with van der Waals surface area (Å²) in [5, 5.41) is 0. The monoisotopic (exact) mass is 228 g/mol. The van der Waals surface area contributed by atoms with Gasteiger partial charge in [-0.1, -0.05) is 6.07 Å². The van der Waals surface area contributed by atoms with Crippen molar-refractivity contribution >= 4 is 17.7 Å². The van der Waals surface area contributed by atoms with E-state index in [4.69, 9.17) is 0 Å². The van der Waals surface area contributed by atoms with E-state index in [2.05, 4.69) is 4.74 Å². The number of ether oxygens (including phenoxy) is 1. The second kappa shape index (κ2) is 5.75. The van der Waals surface area contributed by atoms with Crippen LogP contribution in [0.1, 0.15) is 12.0 Å². The van der Waals surface area contributed by atoms with Crippen molar-refractivity contribution in [3.8, 4) is 0 Å². The van der Waals surface area contributed by atoms with E-state index in [1.807, 2.05) is 6.26 Å². The van der Waals surface area contributed by atoms with Crippen LogP contribution in [-0.2, 0) is 16.0 Å². The van der Waals surface area contributed by atoms with E-state index in [1.165, 1.54) is 31.0 Å². The summed E-state index contributed by atoms with van der Waals surface area (Å²) < 4.78 is 17.4. The van der Waals surface area contributed by atoms with Gasteiger partial charge in [-0.3, -0.25) is 4.79 Å². The van der Waals surface area contributed by atoms with Gasteiger partial charge in [-0.05, 0) is 30.4 Å². The summed E-state index contributed by atoms with van der Waals surface area (Å²) in [5.74, 6) is -0.493. The SMILES string of the molecule is COC(=O)CCc1ccc(F)cc1SC. The molecule has 0 aromatic heterocycles. The van der Waals surface area contributed by atoms with Gasteiger partial charge in [0.2, 0.25) is 0 Å². The molecule has 0 spiro atoms. The number of thioether (sulfide) groups is 1. The van der Waals surface area contributed by atoms with Crippen LogP contribution < -0.4 is 0 Å². The average molecular weight is 228 g/mol. The average Bonchev–Trinajstić information content (AvgIpc) is 2.26. The first kappa shape index (κ1) is 12.0. The molecule has 0 radical (unpaired) electrons. The van der Waals surface area contributed by atoms with Crippen LogP contribution in [0.3, 0.4) is 0 Å². The molecule has 1 rings (SSSR count). The maximum absolute atomic E-state index is 12.9. The number of carbonyl (C=O) groups excluding carboxylic acids is 1. The molecular weight excluding hydrogens is 215 g/mol. The smallest absolute Gasteiger partial charge is 0.305 e. The van der Waals surface area contributed by atoms with Gasteiger partial charge in [0.05, 0.1) is 7.11 Å². The number of hydrogen-bond donors (Lipinski definition) is 0. The third kappa shape index (κ3) is 3.55. The van der Waals surface area contributed by atoms with E-state index < -0.39 is 0 Å². The number of carbonyl (C=O) groups is 1. The Hall–Kier alpha value is -1.03. The van der Waals surface area contributed by atoms with Crippen molar-refractivity contribution in [1.29, 1.82) is 0 Å². The van der Waals surface area contributed by atoms with Crippen LogP contribution in [0.4, 0.5) is 4.39 Å². The van der Waals surface area contributed by atoms with E-state index in [0.29, 0.717) is 12.8 Å². The van der Waals surface area contributed by atoms with Crippen LogP contribution in [0, 0.1) is 5.82 Å². The van der Waals surface area contributed by atoms with Gasteiger partial charge in [0, 0.05) is 11.3 Å². The molecule has 0 unspecified atom stereocenters. The highest BCUT2D eigenvalue weighted by molar-refractivity contribution is 7.98. The first-order chi connectivity index (χ1) is 7.17. The highest BCUT2D eigenvalue weighted by Gasteiger charge is 2.06. The summed E-state index contributed by atoms with van der Waals surface area (Å²) in [6.07, 6.45) is 2.80. The molecule has 0 aliphatic heterocycles. The van der Waals surface area contributed by atoms with Crippen molar-refractivity contribution in [3.05, 3.63) is 29.6 Å². The summed E-state index contributed by atoms with van der Waals surface area (Å²) >= 11 is 1.48. The van der Waals surface area contributed by atoms with Gasteiger partial charge < -0.3 is 4.74 Å². The van der Waals surface area contributed by atoms with Gasteiger partial charge in [0.25, 0.3) is 0 Å². The molecule has 0 bridgehead atoms. The fourth-order valence-corrected chi connectivity index (χ4v) is 1.93. The molecule has 0 N–H and O–H groups in total. The fraction of sp³-hybridized carbons (Fsp3) is 0.364. The molecule has 0 aliphatic carbocycles. The Morgan fingerprint density at radius 2 is 2.27 bits per heavy atom. The Morgan fingerprint density at radius 3 is 2.87 bits per heavy atom. The van der Waals surface area contributed by atoms with Crippen molar-refractivity contribution in [3.63, 3.8) is 0 Å². The molecule has 2 nitrogen and oxygen atoms in total. The lowest BCUT2D eigenvalue weighted by Gasteiger charge is -2.06. The molecule has 0 amide bonds. The van der Waals surface area contributed by atoms with Crippen LogP contribution in [0.25, 0.3) is 0 Å². The zero-order valence-electron chi connectivity index (χ0n) is 8.75. The molecule has 1 aromatic rings. The highest BCUT2D eigenvalue weighted by Crippen LogP contribution is 2.22. The molecule has 4 heteroatoms. The summed E-state index contributed by atoms with van der Waals surface area (Å²) in [6, 6.07) is 4.60. The summed E-state index contributed by atoms with van der Waals surface area (Å²) in [5.41, 5.74) is 0.981. The molecule has 15 heavy (non-hydrogen) atoms. The molecule has 0 heterocycles. The molecule has 0 saturated carbocycles. The zero-order valence-corrected chi connectivity index (χ0v) is 9.57. The number of aryl methyl sites for hydroxylation is 1. The minimum atomic E-state index is -0.249. The third-order valence-corrected chi connectivity index (χ3v) is 2.90. The van der Waals surface area contributed by atoms with E-state index in [9.17, 15) is 9.18 Å². The minimum absolute atomic E-state index is 0.244. The molecule has 0 aliphatic rings. The third-order valence-electron chi connectivity index (χ3n) is 2.08. The lowest BCUT2D eigenvalue weighted by atomic mass is 10.1. The predicted octanol–water partition coefficient (Wildman–Crippen LogP) is 2.65. The maximum atomic E-state index is 12.9. The Balaban J connectivity index is 2.72. The molecule has 0 atom stereocenters. The largest absolute Gasteiger partial charge is 0.469 e. The zero-order chi connectivity index (χ0) is 11.3. The lowest BCUT2D eigenvalue weighted by molar-refractivity contribution is -0.140. The van der Waals surface area contributed by atoms with Crippen LogP contribution in [0.2, 0.25) is 0 Å². The van der Waals surface area contributed by atoms with Gasteiger partial charge in [-0.2, -0.15) is 0 Å². The fourth-order valence-electron chi connectivity index (χ4n) is 1.26.